The van der Waals surface area contributed by atoms with Crippen LogP contribution >= 0.6 is 0 Å². The van der Waals surface area contributed by atoms with Crippen molar-refractivity contribution < 1.29 is 8.42 Å². The van der Waals surface area contributed by atoms with Crippen LogP contribution in [0.15, 0.2) is 4.90 Å². The Bertz CT molecular complexity index is 561. The van der Waals surface area contributed by atoms with Crippen LogP contribution in [0.25, 0.3) is 0 Å². The number of hydrogen-bond donors (Lipinski definition) is 2. The van der Waals surface area contributed by atoms with Crippen LogP contribution in [0.4, 0.5) is 0 Å². The molecule has 0 unspecified atom stereocenters. The van der Waals surface area contributed by atoms with E-state index in [0.29, 0.717) is 22.8 Å². The third-order valence-electron chi connectivity index (χ3n) is 3.87. The van der Waals surface area contributed by atoms with Gasteiger partial charge in [0.05, 0.1) is 11.4 Å². The highest BCUT2D eigenvalue weighted by atomic mass is 32.2. The molecule has 1 saturated carbocycles. The number of sulfonamides is 1. The maximum atomic E-state index is 12.8. The summed E-state index contributed by atoms with van der Waals surface area (Å²) in [6, 6.07) is 0.423. The van der Waals surface area contributed by atoms with E-state index in [0.717, 1.165) is 19.3 Å². The highest BCUT2D eigenvalue weighted by molar-refractivity contribution is 7.89. The standard InChI is InChI=1S/C13H24N4O2S/c1-9(2)14-8-12-13(10(3)15-16-12)20(18,19)17(4)11-6-5-7-11/h9,11,14H,5-8H2,1-4H3,(H,15,16). The second-order valence-electron chi connectivity index (χ2n) is 5.77. The molecule has 1 aliphatic carbocycles. The van der Waals surface area contributed by atoms with E-state index in [1.807, 2.05) is 13.8 Å². The van der Waals surface area contributed by atoms with Crippen LogP contribution < -0.4 is 5.32 Å². The van der Waals surface area contributed by atoms with Crippen LogP contribution in [-0.4, -0.2) is 42.1 Å². The van der Waals surface area contributed by atoms with Gasteiger partial charge in [0.15, 0.2) is 0 Å². The van der Waals surface area contributed by atoms with Gasteiger partial charge in [0.1, 0.15) is 4.90 Å². The van der Waals surface area contributed by atoms with Crippen LogP contribution in [0.3, 0.4) is 0 Å². The molecule has 20 heavy (non-hydrogen) atoms. The summed E-state index contributed by atoms with van der Waals surface area (Å²) in [7, 11) is -1.79. The van der Waals surface area contributed by atoms with Gasteiger partial charge < -0.3 is 5.32 Å². The second kappa shape index (κ2) is 5.83. The van der Waals surface area contributed by atoms with Gasteiger partial charge in [-0.25, -0.2) is 8.42 Å². The van der Waals surface area contributed by atoms with Crippen molar-refractivity contribution in [2.45, 2.75) is 63.6 Å². The van der Waals surface area contributed by atoms with E-state index >= 15 is 0 Å². The smallest absolute Gasteiger partial charge is 0.246 e. The Kier molecular flexibility index (Phi) is 4.51. The van der Waals surface area contributed by atoms with E-state index in [4.69, 9.17) is 0 Å². The molecule has 6 nitrogen and oxygen atoms in total. The van der Waals surface area contributed by atoms with E-state index in [1.54, 1.807) is 14.0 Å². The summed E-state index contributed by atoms with van der Waals surface area (Å²) in [5, 5.41) is 10.2. The number of hydrogen-bond acceptors (Lipinski definition) is 4. The van der Waals surface area contributed by atoms with Gasteiger partial charge in [-0.1, -0.05) is 20.3 Å². The molecule has 1 aliphatic rings. The van der Waals surface area contributed by atoms with Gasteiger partial charge in [0.2, 0.25) is 10.0 Å². The largest absolute Gasteiger partial charge is 0.309 e. The Morgan fingerprint density at radius 2 is 2.10 bits per heavy atom. The van der Waals surface area contributed by atoms with Crippen molar-refractivity contribution >= 4 is 10.0 Å². The third-order valence-corrected chi connectivity index (χ3v) is 5.98. The van der Waals surface area contributed by atoms with Gasteiger partial charge in [-0.2, -0.15) is 9.40 Å². The second-order valence-corrected chi connectivity index (χ2v) is 7.70. The Labute approximate surface area is 121 Å². The van der Waals surface area contributed by atoms with Crippen LogP contribution in [0, 0.1) is 6.92 Å². The summed E-state index contributed by atoms with van der Waals surface area (Å²) in [6.45, 7) is 6.25. The molecule has 7 heteroatoms. The van der Waals surface area contributed by atoms with Crippen molar-refractivity contribution in [3.8, 4) is 0 Å². The van der Waals surface area contributed by atoms with Crippen LogP contribution in [0.2, 0.25) is 0 Å². The number of aryl methyl sites for hydroxylation is 1. The van der Waals surface area contributed by atoms with Gasteiger partial charge in [0.25, 0.3) is 0 Å². The van der Waals surface area contributed by atoms with Crippen molar-refractivity contribution in [1.29, 1.82) is 0 Å². The first-order chi connectivity index (χ1) is 9.34. The van der Waals surface area contributed by atoms with E-state index in [2.05, 4.69) is 15.5 Å². The minimum absolute atomic E-state index is 0.139. The zero-order valence-electron chi connectivity index (χ0n) is 12.6. The Balaban J connectivity index is 2.28. The van der Waals surface area contributed by atoms with Gasteiger partial charge in [-0.3, -0.25) is 5.10 Å². The van der Waals surface area contributed by atoms with Crippen molar-refractivity contribution in [1.82, 2.24) is 19.8 Å². The molecule has 114 valence electrons. The number of nitrogens with zero attached hydrogens (tertiary/aromatic N) is 2. The molecule has 1 aromatic heterocycles. The fourth-order valence-corrected chi connectivity index (χ4v) is 4.06. The molecule has 0 aromatic carbocycles. The minimum atomic E-state index is -3.47. The lowest BCUT2D eigenvalue weighted by atomic mass is 9.94. The third kappa shape index (κ3) is 2.89. The van der Waals surface area contributed by atoms with Gasteiger partial charge >= 0.3 is 0 Å². The number of aromatic nitrogens is 2. The summed E-state index contributed by atoms with van der Waals surface area (Å²) in [5.74, 6) is 0. The topological polar surface area (TPSA) is 78.1 Å². The van der Waals surface area contributed by atoms with Crippen molar-refractivity contribution in [3.05, 3.63) is 11.4 Å². The van der Waals surface area contributed by atoms with E-state index in [9.17, 15) is 8.42 Å². The zero-order chi connectivity index (χ0) is 14.9. The first-order valence-electron chi connectivity index (χ1n) is 7.09. The molecular formula is C13H24N4O2S. The first-order valence-corrected chi connectivity index (χ1v) is 8.53. The van der Waals surface area contributed by atoms with Crippen molar-refractivity contribution in [2.75, 3.05) is 7.05 Å². The quantitative estimate of drug-likeness (QED) is 0.832. The van der Waals surface area contributed by atoms with Gasteiger partial charge in [0, 0.05) is 25.7 Å². The highest BCUT2D eigenvalue weighted by Gasteiger charge is 2.35. The van der Waals surface area contributed by atoms with Crippen LogP contribution in [-0.2, 0) is 16.6 Å². The monoisotopic (exact) mass is 300 g/mol. The average molecular weight is 300 g/mol. The molecule has 0 aliphatic heterocycles. The molecular weight excluding hydrogens is 276 g/mol. The lowest BCUT2D eigenvalue weighted by Crippen LogP contribution is -2.41. The maximum Gasteiger partial charge on any atom is 0.246 e. The van der Waals surface area contributed by atoms with Crippen LogP contribution in [0.1, 0.15) is 44.5 Å². The molecule has 1 heterocycles. The SMILES string of the molecule is Cc1[nH]nc(CNC(C)C)c1S(=O)(=O)N(C)C1CCC1. The molecule has 2 N–H and O–H groups in total. The molecule has 0 spiro atoms. The molecule has 0 amide bonds. The summed E-state index contributed by atoms with van der Waals surface area (Å²) in [5.41, 5.74) is 1.18. The Morgan fingerprint density at radius 1 is 1.45 bits per heavy atom. The maximum absolute atomic E-state index is 12.8. The first kappa shape index (κ1) is 15.5. The normalized spacial score (nSPS) is 16.9. The van der Waals surface area contributed by atoms with E-state index in [-0.39, 0.29) is 12.1 Å². The Morgan fingerprint density at radius 3 is 2.60 bits per heavy atom. The molecule has 0 saturated heterocycles. The van der Waals surface area contributed by atoms with Crippen LogP contribution in [0.5, 0.6) is 0 Å². The van der Waals surface area contributed by atoms with Crippen molar-refractivity contribution in [2.24, 2.45) is 0 Å². The molecule has 0 bridgehead atoms. The summed E-state index contributed by atoms with van der Waals surface area (Å²) in [6.07, 6.45) is 3.01. The number of aromatic amines is 1. The summed E-state index contributed by atoms with van der Waals surface area (Å²) < 4.78 is 27.0. The summed E-state index contributed by atoms with van der Waals surface area (Å²) >= 11 is 0. The number of rotatable bonds is 6. The predicted octanol–water partition coefficient (Wildman–Crippen LogP) is 1.39. The summed E-state index contributed by atoms with van der Waals surface area (Å²) in [4.78, 5) is 0.333. The average Bonchev–Trinajstić information content (AvgIpc) is 2.66. The molecule has 1 fully saturated rings. The Hall–Kier alpha value is -0.920. The predicted molar refractivity (Wildman–Crippen MR) is 77.9 cm³/mol. The molecule has 2 rings (SSSR count). The highest BCUT2D eigenvalue weighted by Crippen LogP contribution is 2.30. The fourth-order valence-electron chi connectivity index (χ4n) is 2.32. The fraction of sp³-hybridized carbons (Fsp3) is 0.769. The number of H-pyrrole nitrogens is 1. The molecule has 0 radical (unpaired) electrons. The molecule has 1 aromatic rings. The minimum Gasteiger partial charge on any atom is -0.309 e. The van der Waals surface area contributed by atoms with Gasteiger partial charge in [-0.05, 0) is 19.8 Å². The zero-order valence-corrected chi connectivity index (χ0v) is 13.4. The lowest BCUT2D eigenvalue weighted by molar-refractivity contribution is 0.249. The van der Waals surface area contributed by atoms with Gasteiger partial charge in [-0.15, -0.1) is 0 Å². The van der Waals surface area contributed by atoms with Crippen molar-refractivity contribution in [3.63, 3.8) is 0 Å². The lowest BCUT2D eigenvalue weighted by Gasteiger charge is -2.33. The van der Waals surface area contributed by atoms with E-state index < -0.39 is 10.0 Å². The number of nitrogens with one attached hydrogen (secondary N) is 2. The molecule has 0 atom stereocenters. The van der Waals surface area contributed by atoms with E-state index in [1.165, 1.54) is 4.31 Å².